The van der Waals surface area contributed by atoms with Crippen LogP contribution in [0.15, 0.2) is 24.3 Å². The molecule has 0 saturated heterocycles. The van der Waals surface area contributed by atoms with Crippen molar-refractivity contribution in [2.45, 2.75) is 45.6 Å². The summed E-state index contributed by atoms with van der Waals surface area (Å²) >= 11 is 2.33. The van der Waals surface area contributed by atoms with E-state index in [4.69, 9.17) is 9.47 Å². The number of alkyl halides is 1. The Hall–Kier alpha value is -0.820. The van der Waals surface area contributed by atoms with Gasteiger partial charge in [-0.2, -0.15) is 0 Å². The summed E-state index contributed by atoms with van der Waals surface area (Å²) < 4.78 is 12.3. The first-order valence-corrected chi connectivity index (χ1v) is 9.16. The molecule has 5 heteroatoms. The third-order valence-electron chi connectivity index (χ3n) is 2.77. The zero-order valence-corrected chi connectivity index (χ0v) is 15.8. The average Bonchev–Trinajstić information content (AvgIpc) is 2.45. The summed E-state index contributed by atoms with van der Waals surface area (Å²) in [6, 6.07) is 7.49. The van der Waals surface area contributed by atoms with Crippen molar-refractivity contribution in [1.82, 2.24) is 0 Å². The van der Waals surface area contributed by atoms with E-state index in [9.17, 15) is 4.79 Å². The Morgan fingerprint density at radius 2 is 1.82 bits per heavy atom. The lowest BCUT2D eigenvalue weighted by molar-refractivity contribution is -0.116. The number of carbonyl (C=O) groups is 1. The van der Waals surface area contributed by atoms with Gasteiger partial charge < -0.3 is 14.8 Å². The lowest BCUT2D eigenvalue weighted by Crippen LogP contribution is -2.20. The van der Waals surface area contributed by atoms with Crippen molar-refractivity contribution in [2.75, 3.05) is 23.0 Å². The van der Waals surface area contributed by atoms with Gasteiger partial charge in [-0.25, -0.2) is 0 Å². The van der Waals surface area contributed by atoms with Crippen LogP contribution in [0.3, 0.4) is 0 Å². The number of halogens is 1. The fourth-order valence-electron chi connectivity index (χ4n) is 1.71. The van der Waals surface area contributed by atoms with Crippen LogP contribution >= 0.6 is 22.6 Å². The molecule has 1 amide bonds. The normalized spacial score (nSPS) is 11.3. The van der Waals surface area contributed by atoms with Crippen LogP contribution in [0.4, 0.5) is 5.69 Å². The van der Waals surface area contributed by atoms with Gasteiger partial charge in [0.2, 0.25) is 5.91 Å². The van der Waals surface area contributed by atoms with Crippen molar-refractivity contribution >= 4 is 34.2 Å². The standard InChI is InChI=1S/C17H26INO3/c1-17(2,3)22-13-4-6-16(20)19-14-7-9-15(10-8-14)21-12-5-11-18/h7-10H,4-6,11-13H2,1-3H3,(H,19,20). The summed E-state index contributed by atoms with van der Waals surface area (Å²) in [5.41, 5.74) is 0.645. The molecule has 0 aliphatic rings. The highest BCUT2D eigenvalue weighted by molar-refractivity contribution is 14.1. The number of nitrogens with one attached hydrogen (secondary N) is 1. The number of hydrogen-bond acceptors (Lipinski definition) is 3. The van der Waals surface area contributed by atoms with Gasteiger partial charge in [0.05, 0.1) is 12.2 Å². The molecule has 0 saturated carbocycles. The summed E-state index contributed by atoms with van der Waals surface area (Å²) in [6.07, 6.45) is 2.22. The predicted molar refractivity (Wildman–Crippen MR) is 99.0 cm³/mol. The molecular formula is C17H26INO3. The third-order valence-corrected chi connectivity index (χ3v) is 3.53. The summed E-state index contributed by atoms with van der Waals surface area (Å²) in [7, 11) is 0. The summed E-state index contributed by atoms with van der Waals surface area (Å²) in [4.78, 5) is 11.8. The molecule has 0 radical (unpaired) electrons. The Morgan fingerprint density at radius 3 is 2.41 bits per heavy atom. The molecule has 1 aromatic carbocycles. The van der Waals surface area contributed by atoms with Crippen molar-refractivity contribution in [1.29, 1.82) is 0 Å². The molecule has 0 aliphatic heterocycles. The highest BCUT2D eigenvalue weighted by Crippen LogP contribution is 2.16. The van der Waals surface area contributed by atoms with Crippen LogP contribution in [-0.2, 0) is 9.53 Å². The maximum atomic E-state index is 11.8. The molecule has 0 heterocycles. The second-order valence-electron chi connectivity index (χ2n) is 6.03. The van der Waals surface area contributed by atoms with Crippen LogP contribution < -0.4 is 10.1 Å². The van der Waals surface area contributed by atoms with Gasteiger partial charge in [-0.05, 0) is 57.9 Å². The van der Waals surface area contributed by atoms with E-state index in [1.165, 1.54) is 0 Å². The Balaban J connectivity index is 2.26. The number of benzene rings is 1. The molecule has 0 aliphatic carbocycles. The lowest BCUT2D eigenvalue weighted by Gasteiger charge is -2.19. The summed E-state index contributed by atoms with van der Waals surface area (Å²) in [5.74, 6) is 0.845. The quantitative estimate of drug-likeness (QED) is 0.366. The van der Waals surface area contributed by atoms with Gasteiger partial charge in [-0.15, -0.1) is 0 Å². The summed E-state index contributed by atoms with van der Waals surface area (Å²) in [6.45, 7) is 7.35. The Bertz CT molecular complexity index is 440. The van der Waals surface area contributed by atoms with E-state index >= 15 is 0 Å². The first kappa shape index (κ1) is 19.2. The van der Waals surface area contributed by atoms with Gasteiger partial charge in [0.15, 0.2) is 0 Å². The van der Waals surface area contributed by atoms with Gasteiger partial charge in [-0.3, -0.25) is 4.79 Å². The number of hydrogen-bond donors (Lipinski definition) is 1. The molecule has 124 valence electrons. The van der Waals surface area contributed by atoms with Crippen molar-refractivity contribution < 1.29 is 14.3 Å². The van der Waals surface area contributed by atoms with E-state index in [0.29, 0.717) is 13.0 Å². The van der Waals surface area contributed by atoms with E-state index in [1.807, 2.05) is 45.0 Å². The van der Waals surface area contributed by atoms with Crippen molar-refractivity contribution in [3.63, 3.8) is 0 Å². The molecule has 0 bridgehead atoms. The number of amides is 1. The monoisotopic (exact) mass is 419 g/mol. The molecule has 22 heavy (non-hydrogen) atoms. The van der Waals surface area contributed by atoms with Crippen LogP contribution in [0.25, 0.3) is 0 Å². The van der Waals surface area contributed by atoms with E-state index in [2.05, 4.69) is 27.9 Å². The van der Waals surface area contributed by atoms with Gasteiger partial charge in [-0.1, -0.05) is 22.6 Å². The molecular weight excluding hydrogens is 393 g/mol. The van der Waals surface area contributed by atoms with Gasteiger partial charge in [0, 0.05) is 23.1 Å². The maximum absolute atomic E-state index is 11.8. The predicted octanol–water partition coefficient (Wildman–Crippen LogP) is 4.42. The smallest absolute Gasteiger partial charge is 0.224 e. The maximum Gasteiger partial charge on any atom is 0.224 e. The fraction of sp³-hybridized carbons (Fsp3) is 0.588. The second kappa shape index (κ2) is 10.0. The molecule has 1 N–H and O–H groups in total. The second-order valence-corrected chi connectivity index (χ2v) is 7.11. The Labute approximate surface area is 147 Å². The molecule has 0 fully saturated rings. The van der Waals surface area contributed by atoms with Crippen LogP contribution in [0, 0.1) is 0 Å². The van der Waals surface area contributed by atoms with Crippen molar-refractivity contribution in [3.05, 3.63) is 24.3 Å². The van der Waals surface area contributed by atoms with Crippen LogP contribution in [-0.4, -0.2) is 29.1 Å². The Kier molecular flexibility index (Phi) is 8.78. The minimum Gasteiger partial charge on any atom is -0.494 e. The van der Waals surface area contributed by atoms with Crippen LogP contribution in [0.5, 0.6) is 5.75 Å². The molecule has 0 aromatic heterocycles. The fourth-order valence-corrected chi connectivity index (χ4v) is 2.03. The molecule has 0 atom stereocenters. The number of anilines is 1. The third kappa shape index (κ3) is 9.25. The van der Waals surface area contributed by atoms with Gasteiger partial charge in [0.1, 0.15) is 5.75 Å². The minimum atomic E-state index is -0.149. The number of rotatable bonds is 9. The largest absolute Gasteiger partial charge is 0.494 e. The topological polar surface area (TPSA) is 47.6 Å². The molecule has 1 aromatic rings. The average molecular weight is 419 g/mol. The Morgan fingerprint density at radius 1 is 1.14 bits per heavy atom. The molecule has 4 nitrogen and oxygen atoms in total. The zero-order chi connectivity index (χ0) is 16.4. The van der Waals surface area contributed by atoms with E-state index < -0.39 is 0 Å². The van der Waals surface area contributed by atoms with Gasteiger partial charge >= 0.3 is 0 Å². The lowest BCUT2D eigenvalue weighted by atomic mass is 10.2. The van der Waals surface area contributed by atoms with Crippen LogP contribution in [0.1, 0.15) is 40.0 Å². The molecule has 0 unspecified atom stereocenters. The highest BCUT2D eigenvalue weighted by atomic mass is 127. The van der Waals surface area contributed by atoms with Gasteiger partial charge in [0.25, 0.3) is 0 Å². The van der Waals surface area contributed by atoms with Crippen molar-refractivity contribution in [3.8, 4) is 5.75 Å². The first-order chi connectivity index (χ1) is 10.4. The van der Waals surface area contributed by atoms with E-state index in [1.54, 1.807) is 0 Å². The van der Waals surface area contributed by atoms with Crippen molar-refractivity contribution in [2.24, 2.45) is 0 Å². The summed E-state index contributed by atoms with van der Waals surface area (Å²) in [5, 5.41) is 2.88. The molecule has 0 spiro atoms. The SMILES string of the molecule is CC(C)(C)OCCCC(=O)Nc1ccc(OCCCI)cc1. The highest BCUT2D eigenvalue weighted by Gasteiger charge is 2.10. The van der Waals surface area contributed by atoms with E-state index in [-0.39, 0.29) is 11.5 Å². The molecule has 1 rings (SSSR count). The zero-order valence-electron chi connectivity index (χ0n) is 13.7. The van der Waals surface area contributed by atoms with E-state index in [0.717, 1.165) is 35.3 Å². The van der Waals surface area contributed by atoms with Crippen LogP contribution in [0.2, 0.25) is 0 Å². The first-order valence-electron chi connectivity index (χ1n) is 7.63. The minimum absolute atomic E-state index is 0.0103. The number of carbonyl (C=O) groups excluding carboxylic acids is 1. The number of ether oxygens (including phenoxy) is 2.